The first-order chi connectivity index (χ1) is 13.6. The van der Waals surface area contributed by atoms with Crippen molar-refractivity contribution >= 4 is 51.7 Å². The van der Waals surface area contributed by atoms with E-state index in [0.29, 0.717) is 34.7 Å². The molecule has 1 fully saturated rings. The highest BCUT2D eigenvalue weighted by Gasteiger charge is 2.39. The minimum atomic E-state index is -0.540. The van der Waals surface area contributed by atoms with Crippen LogP contribution in [0.3, 0.4) is 0 Å². The van der Waals surface area contributed by atoms with Crippen LogP contribution >= 0.6 is 23.4 Å². The molecule has 1 heterocycles. The number of nitrogens with zero attached hydrogens (tertiary/aromatic N) is 2. The Labute approximate surface area is 172 Å². The number of thioether (sulfide) groups is 1. The summed E-state index contributed by atoms with van der Waals surface area (Å²) in [5.41, 5.74) is 1.28. The summed E-state index contributed by atoms with van der Waals surface area (Å²) < 4.78 is 5.11. The molecule has 0 aliphatic carbocycles. The van der Waals surface area contributed by atoms with Gasteiger partial charge in [0, 0.05) is 19.2 Å². The molecular formula is C20H20ClN3O3S. The van der Waals surface area contributed by atoms with E-state index < -0.39 is 5.25 Å². The van der Waals surface area contributed by atoms with Crippen molar-refractivity contribution in [3.63, 3.8) is 0 Å². The number of ether oxygens (including phenoxy) is 1. The van der Waals surface area contributed by atoms with Gasteiger partial charge in [-0.1, -0.05) is 53.7 Å². The molecule has 1 aliphatic rings. The van der Waals surface area contributed by atoms with Crippen molar-refractivity contribution in [2.45, 2.75) is 11.7 Å². The molecule has 1 atom stereocenters. The van der Waals surface area contributed by atoms with E-state index in [1.807, 2.05) is 30.3 Å². The van der Waals surface area contributed by atoms with E-state index in [-0.39, 0.29) is 18.2 Å². The molecule has 2 aromatic carbocycles. The number of halogens is 1. The van der Waals surface area contributed by atoms with E-state index in [1.54, 1.807) is 36.3 Å². The Hall–Kier alpha value is -2.35. The van der Waals surface area contributed by atoms with Crippen molar-refractivity contribution in [2.75, 3.05) is 25.6 Å². The molecule has 0 unspecified atom stereocenters. The summed E-state index contributed by atoms with van der Waals surface area (Å²) in [6.45, 7) is 0.735. The van der Waals surface area contributed by atoms with Gasteiger partial charge in [0.2, 0.25) is 11.8 Å². The summed E-state index contributed by atoms with van der Waals surface area (Å²) in [5, 5.41) is 3.29. The number of benzene rings is 2. The highest BCUT2D eigenvalue weighted by molar-refractivity contribution is 8.15. The first-order valence-corrected chi connectivity index (χ1v) is 9.99. The maximum absolute atomic E-state index is 12.8. The Kier molecular flexibility index (Phi) is 7.08. The van der Waals surface area contributed by atoms with Crippen LogP contribution in [0.1, 0.15) is 6.42 Å². The maximum atomic E-state index is 12.8. The average molecular weight is 418 g/mol. The normalized spacial score (nSPS) is 17.9. The number of aliphatic imine (C=N–C) groups is 1. The second-order valence-electron chi connectivity index (χ2n) is 6.05. The van der Waals surface area contributed by atoms with Gasteiger partial charge in [0.15, 0.2) is 5.17 Å². The third kappa shape index (κ3) is 5.13. The first-order valence-electron chi connectivity index (χ1n) is 8.73. The topological polar surface area (TPSA) is 71.0 Å². The van der Waals surface area contributed by atoms with Gasteiger partial charge < -0.3 is 10.1 Å². The Balaban J connectivity index is 1.75. The summed E-state index contributed by atoms with van der Waals surface area (Å²) in [4.78, 5) is 31.3. The second kappa shape index (κ2) is 9.73. The van der Waals surface area contributed by atoms with Gasteiger partial charge in [-0.25, -0.2) is 4.99 Å². The van der Waals surface area contributed by atoms with Gasteiger partial charge >= 0.3 is 0 Å². The molecule has 1 saturated heterocycles. The molecule has 3 rings (SSSR count). The number of nitrogens with one attached hydrogen (secondary N) is 1. The fourth-order valence-electron chi connectivity index (χ4n) is 2.66. The van der Waals surface area contributed by atoms with Gasteiger partial charge in [-0.2, -0.15) is 0 Å². The molecule has 0 saturated carbocycles. The number of para-hydroxylation sites is 2. The molecule has 8 heteroatoms. The van der Waals surface area contributed by atoms with Crippen molar-refractivity contribution in [1.29, 1.82) is 0 Å². The van der Waals surface area contributed by atoms with Crippen LogP contribution in [0.25, 0.3) is 0 Å². The van der Waals surface area contributed by atoms with Crippen LogP contribution in [-0.4, -0.2) is 47.4 Å². The Morgan fingerprint density at radius 2 is 1.93 bits per heavy atom. The summed E-state index contributed by atoms with van der Waals surface area (Å²) >= 11 is 7.46. The lowest BCUT2D eigenvalue weighted by Crippen LogP contribution is -2.35. The van der Waals surface area contributed by atoms with E-state index in [1.165, 1.54) is 11.8 Å². The lowest BCUT2D eigenvalue weighted by Gasteiger charge is -2.16. The van der Waals surface area contributed by atoms with E-state index in [9.17, 15) is 9.59 Å². The standard InChI is InChI=1S/C20H20ClN3O3S/c1-27-12-11-24-19(26)17(13-18(25)22-14-7-3-2-4-8-14)28-20(24)23-16-10-6-5-9-15(16)21/h2-10,17H,11-13H2,1H3,(H,22,25)/t17-/m0/s1. The zero-order valence-electron chi connectivity index (χ0n) is 15.3. The summed E-state index contributed by atoms with van der Waals surface area (Å²) in [7, 11) is 1.57. The minimum Gasteiger partial charge on any atom is -0.383 e. The fourth-order valence-corrected chi connectivity index (χ4v) is 4.02. The molecule has 1 N–H and O–H groups in total. The highest BCUT2D eigenvalue weighted by Crippen LogP contribution is 2.33. The van der Waals surface area contributed by atoms with Crippen molar-refractivity contribution < 1.29 is 14.3 Å². The quantitative estimate of drug-likeness (QED) is 0.740. The van der Waals surface area contributed by atoms with Crippen molar-refractivity contribution in [3.05, 3.63) is 59.6 Å². The molecule has 6 nitrogen and oxygen atoms in total. The predicted molar refractivity (Wildman–Crippen MR) is 113 cm³/mol. The molecular weight excluding hydrogens is 398 g/mol. The van der Waals surface area contributed by atoms with Crippen LogP contribution in [0, 0.1) is 0 Å². The lowest BCUT2D eigenvalue weighted by molar-refractivity contribution is -0.128. The molecule has 0 bridgehead atoms. The van der Waals surface area contributed by atoms with E-state index in [0.717, 1.165) is 0 Å². The third-order valence-corrected chi connectivity index (χ3v) is 5.53. The summed E-state index contributed by atoms with van der Waals surface area (Å²) in [5.74, 6) is -0.376. The van der Waals surface area contributed by atoms with Crippen molar-refractivity contribution in [2.24, 2.45) is 4.99 Å². The predicted octanol–water partition coefficient (Wildman–Crippen LogP) is 3.95. The van der Waals surface area contributed by atoms with Crippen LogP contribution in [0.5, 0.6) is 0 Å². The lowest BCUT2D eigenvalue weighted by atomic mass is 10.2. The van der Waals surface area contributed by atoms with Crippen molar-refractivity contribution in [1.82, 2.24) is 4.90 Å². The molecule has 0 aromatic heterocycles. The van der Waals surface area contributed by atoms with Crippen LogP contribution in [0.2, 0.25) is 5.02 Å². The number of hydrogen-bond acceptors (Lipinski definition) is 5. The van der Waals surface area contributed by atoms with Crippen LogP contribution in [-0.2, 0) is 14.3 Å². The maximum Gasteiger partial charge on any atom is 0.242 e. The molecule has 2 aromatic rings. The monoisotopic (exact) mass is 417 g/mol. The van der Waals surface area contributed by atoms with Crippen LogP contribution in [0.4, 0.5) is 11.4 Å². The van der Waals surface area contributed by atoms with Crippen LogP contribution < -0.4 is 5.32 Å². The zero-order valence-corrected chi connectivity index (χ0v) is 16.9. The van der Waals surface area contributed by atoms with Gasteiger partial charge in [-0.05, 0) is 24.3 Å². The number of carbonyl (C=O) groups excluding carboxylic acids is 2. The molecule has 2 amide bonds. The third-order valence-electron chi connectivity index (χ3n) is 4.04. The van der Waals surface area contributed by atoms with Crippen LogP contribution in [0.15, 0.2) is 59.6 Å². The highest BCUT2D eigenvalue weighted by atomic mass is 35.5. The number of anilines is 1. The smallest absolute Gasteiger partial charge is 0.242 e. The van der Waals surface area contributed by atoms with E-state index in [4.69, 9.17) is 16.3 Å². The minimum absolute atomic E-state index is 0.0589. The van der Waals surface area contributed by atoms with Gasteiger partial charge in [0.05, 0.1) is 23.9 Å². The number of amides is 2. The van der Waals surface area contributed by atoms with Gasteiger partial charge in [0.25, 0.3) is 0 Å². The SMILES string of the molecule is COCCN1C(=O)[C@H](CC(=O)Nc2ccccc2)SC1=Nc1ccccc1Cl. The van der Waals surface area contributed by atoms with Gasteiger partial charge in [-0.3, -0.25) is 14.5 Å². The first kappa shape index (κ1) is 20.4. The Morgan fingerprint density at radius 3 is 2.64 bits per heavy atom. The largest absolute Gasteiger partial charge is 0.383 e. The zero-order chi connectivity index (χ0) is 19.9. The number of amidine groups is 1. The number of rotatable bonds is 7. The molecule has 0 radical (unpaired) electrons. The number of methoxy groups -OCH3 is 1. The summed E-state index contributed by atoms with van der Waals surface area (Å²) in [6, 6.07) is 16.3. The van der Waals surface area contributed by atoms with E-state index in [2.05, 4.69) is 10.3 Å². The number of hydrogen-bond donors (Lipinski definition) is 1. The van der Waals surface area contributed by atoms with E-state index >= 15 is 0 Å². The molecule has 146 valence electrons. The molecule has 0 spiro atoms. The Bertz CT molecular complexity index is 876. The fraction of sp³-hybridized carbons (Fsp3) is 0.250. The average Bonchev–Trinajstić information content (AvgIpc) is 2.97. The second-order valence-corrected chi connectivity index (χ2v) is 7.63. The number of carbonyl (C=O) groups is 2. The molecule has 28 heavy (non-hydrogen) atoms. The van der Waals surface area contributed by atoms with Gasteiger partial charge in [0.1, 0.15) is 5.25 Å². The van der Waals surface area contributed by atoms with Gasteiger partial charge in [-0.15, -0.1) is 0 Å². The molecule has 1 aliphatic heterocycles. The summed E-state index contributed by atoms with van der Waals surface area (Å²) in [6.07, 6.45) is 0.0589. The van der Waals surface area contributed by atoms with Crippen molar-refractivity contribution in [3.8, 4) is 0 Å². The Morgan fingerprint density at radius 1 is 1.21 bits per heavy atom.